The van der Waals surface area contributed by atoms with Crippen molar-refractivity contribution in [3.05, 3.63) is 22.3 Å². The fourth-order valence-corrected chi connectivity index (χ4v) is 2.33. The zero-order valence-corrected chi connectivity index (χ0v) is 11.0. The molecule has 0 spiro atoms. The van der Waals surface area contributed by atoms with E-state index in [0.29, 0.717) is 5.88 Å². The first-order valence-electron chi connectivity index (χ1n) is 5.11. The lowest BCUT2D eigenvalue weighted by molar-refractivity contribution is 0.310. The number of alkyl halides is 1. The van der Waals surface area contributed by atoms with Crippen molar-refractivity contribution in [3.8, 4) is 0 Å². The predicted molar refractivity (Wildman–Crippen MR) is 67.6 cm³/mol. The third kappa shape index (κ3) is 2.28. The highest BCUT2D eigenvalue weighted by Crippen LogP contribution is 2.36. The molecule has 1 aromatic heterocycles. The monoisotopic (exact) mass is 288 g/mol. The van der Waals surface area contributed by atoms with E-state index in [1.165, 1.54) is 12.0 Å². The summed E-state index contributed by atoms with van der Waals surface area (Å²) >= 11 is 9.42. The van der Waals surface area contributed by atoms with Gasteiger partial charge < -0.3 is 5.32 Å². The van der Waals surface area contributed by atoms with Gasteiger partial charge in [-0.3, -0.25) is 0 Å². The van der Waals surface area contributed by atoms with E-state index in [-0.39, 0.29) is 5.54 Å². The minimum atomic E-state index is 0.0921. The third-order valence-corrected chi connectivity index (χ3v) is 4.35. The highest BCUT2D eigenvalue weighted by atomic mass is 79.9. The number of rotatable bonds is 3. The van der Waals surface area contributed by atoms with Crippen molar-refractivity contribution in [1.82, 2.24) is 4.98 Å². The van der Waals surface area contributed by atoms with Crippen LogP contribution < -0.4 is 5.32 Å². The molecule has 0 aliphatic heterocycles. The summed E-state index contributed by atoms with van der Waals surface area (Å²) in [7, 11) is 0. The molecule has 1 saturated carbocycles. The number of nitrogens with one attached hydrogen (secondary N) is 1. The molecule has 0 unspecified atom stereocenters. The second-order valence-electron chi connectivity index (χ2n) is 4.21. The van der Waals surface area contributed by atoms with E-state index < -0.39 is 0 Å². The van der Waals surface area contributed by atoms with Crippen LogP contribution in [-0.2, 0) is 0 Å². The Morgan fingerprint density at radius 3 is 2.80 bits per heavy atom. The van der Waals surface area contributed by atoms with Gasteiger partial charge in [0, 0.05) is 16.5 Å². The summed E-state index contributed by atoms with van der Waals surface area (Å²) in [5.74, 6) is 1.58. The van der Waals surface area contributed by atoms with Gasteiger partial charge in [0.25, 0.3) is 0 Å². The average molecular weight is 290 g/mol. The highest BCUT2D eigenvalue weighted by Gasteiger charge is 2.36. The lowest BCUT2D eigenvalue weighted by Crippen LogP contribution is -2.47. The van der Waals surface area contributed by atoms with Crippen LogP contribution >= 0.6 is 27.5 Å². The number of aromatic nitrogens is 1. The lowest BCUT2D eigenvalue weighted by Gasteiger charge is -2.41. The van der Waals surface area contributed by atoms with Gasteiger partial charge in [-0.1, -0.05) is 0 Å². The van der Waals surface area contributed by atoms with Gasteiger partial charge in [0.15, 0.2) is 0 Å². The summed E-state index contributed by atoms with van der Waals surface area (Å²) in [5, 5.41) is 3.45. The Bertz CT molecular complexity index is 358. The second kappa shape index (κ2) is 4.30. The fraction of sp³-hybridized carbons (Fsp3) is 0.545. The van der Waals surface area contributed by atoms with Crippen LogP contribution in [0.4, 0.5) is 5.82 Å². The Morgan fingerprint density at radius 1 is 1.60 bits per heavy atom. The number of pyridine rings is 1. The molecule has 0 radical (unpaired) electrons. The molecule has 2 nitrogen and oxygen atoms in total. The molecule has 0 amide bonds. The van der Waals surface area contributed by atoms with Crippen molar-refractivity contribution in [2.75, 3.05) is 11.2 Å². The molecule has 0 saturated heterocycles. The summed E-state index contributed by atoms with van der Waals surface area (Å²) in [6.07, 6.45) is 5.38. The summed E-state index contributed by atoms with van der Waals surface area (Å²) < 4.78 is 1.04. The van der Waals surface area contributed by atoms with Gasteiger partial charge in [0.05, 0.1) is 5.54 Å². The Morgan fingerprint density at radius 2 is 2.33 bits per heavy atom. The first kappa shape index (κ1) is 11.2. The van der Waals surface area contributed by atoms with Gasteiger partial charge in [-0.2, -0.15) is 0 Å². The van der Waals surface area contributed by atoms with Gasteiger partial charge in [-0.05, 0) is 53.7 Å². The molecule has 1 fully saturated rings. The largest absolute Gasteiger partial charge is 0.363 e. The fourth-order valence-electron chi connectivity index (χ4n) is 1.77. The van der Waals surface area contributed by atoms with Crippen LogP contribution in [0.2, 0.25) is 0 Å². The van der Waals surface area contributed by atoms with E-state index >= 15 is 0 Å². The van der Waals surface area contributed by atoms with Crippen molar-refractivity contribution in [1.29, 1.82) is 0 Å². The molecule has 1 heterocycles. The quantitative estimate of drug-likeness (QED) is 0.858. The van der Waals surface area contributed by atoms with Gasteiger partial charge in [-0.25, -0.2) is 4.98 Å². The van der Waals surface area contributed by atoms with E-state index in [1.807, 2.05) is 6.20 Å². The van der Waals surface area contributed by atoms with Gasteiger partial charge in [0.1, 0.15) is 5.82 Å². The van der Waals surface area contributed by atoms with E-state index in [0.717, 1.165) is 23.1 Å². The lowest BCUT2D eigenvalue weighted by atomic mass is 9.78. The number of aryl methyl sites for hydroxylation is 1. The molecule has 1 aromatic rings. The Labute approximate surface area is 104 Å². The zero-order chi connectivity index (χ0) is 10.9. The van der Waals surface area contributed by atoms with Gasteiger partial charge in [0.2, 0.25) is 0 Å². The van der Waals surface area contributed by atoms with Crippen molar-refractivity contribution >= 4 is 33.3 Å². The molecule has 82 valence electrons. The summed E-state index contributed by atoms with van der Waals surface area (Å²) in [6.45, 7) is 2.06. The number of halogens is 2. The molecule has 2 rings (SSSR count). The van der Waals surface area contributed by atoms with Crippen LogP contribution in [0.1, 0.15) is 24.8 Å². The van der Waals surface area contributed by atoms with Gasteiger partial charge >= 0.3 is 0 Å². The minimum Gasteiger partial charge on any atom is -0.363 e. The Balaban J connectivity index is 2.13. The maximum absolute atomic E-state index is 5.98. The summed E-state index contributed by atoms with van der Waals surface area (Å²) in [5.41, 5.74) is 1.28. The molecule has 1 N–H and O–H groups in total. The SMILES string of the molecule is Cc1cc(NC2(CCl)CCC2)ncc1Br. The standard InChI is InChI=1S/C11H14BrClN2/c1-8-5-10(14-6-9(8)12)15-11(7-13)3-2-4-11/h5-6H,2-4,7H2,1H3,(H,14,15). The number of hydrogen-bond donors (Lipinski definition) is 1. The number of nitrogens with zero attached hydrogens (tertiary/aromatic N) is 1. The topological polar surface area (TPSA) is 24.9 Å². The maximum Gasteiger partial charge on any atom is 0.126 e. The Hall–Kier alpha value is -0.280. The average Bonchev–Trinajstić information content (AvgIpc) is 2.17. The van der Waals surface area contributed by atoms with Crippen molar-refractivity contribution < 1.29 is 0 Å². The van der Waals surface area contributed by atoms with Crippen LogP contribution in [0.3, 0.4) is 0 Å². The number of hydrogen-bond acceptors (Lipinski definition) is 2. The minimum absolute atomic E-state index is 0.0921. The smallest absolute Gasteiger partial charge is 0.126 e. The molecule has 4 heteroatoms. The first-order valence-corrected chi connectivity index (χ1v) is 6.44. The van der Waals surface area contributed by atoms with E-state index in [4.69, 9.17) is 11.6 Å². The van der Waals surface area contributed by atoms with E-state index in [9.17, 15) is 0 Å². The van der Waals surface area contributed by atoms with Crippen LogP contribution in [0.15, 0.2) is 16.7 Å². The molecule has 0 bridgehead atoms. The molecule has 15 heavy (non-hydrogen) atoms. The van der Waals surface area contributed by atoms with Crippen molar-refractivity contribution in [2.45, 2.75) is 31.7 Å². The summed E-state index contributed by atoms with van der Waals surface area (Å²) in [4.78, 5) is 4.34. The van der Waals surface area contributed by atoms with E-state index in [1.54, 1.807) is 0 Å². The third-order valence-electron chi connectivity index (χ3n) is 3.01. The molecule has 1 aliphatic carbocycles. The van der Waals surface area contributed by atoms with Crippen molar-refractivity contribution in [3.63, 3.8) is 0 Å². The van der Waals surface area contributed by atoms with E-state index in [2.05, 4.69) is 39.2 Å². The summed E-state index contributed by atoms with van der Waals surface area (Å²) in [6, 6.07) is 2.05. The van der Waals surface area contributed by atoms with Crippen LogP contribution in [-0.4, -0.2) is 16.4 Å². The predicted octanol–water partition coefficient (Wildman–Crippen LogP) is 3.73. The molecular formula is C11H14BrClN2. The molecule has 0 aromatic carbocycles. The highest BCUT2D eigenvalue weighted by molar-refractivity contribution is 9.10. The second-order valence-corrected chi connectivity index (χ2v) is 5.33. The normalized spacial score (nSPS) is 18.3. The Kier molecular flexibility index (Phi) is 3.21. The van der Waals surface area contributed by atoms with Crippen LogP contribution in [0.5, 0.6) is 0 Å². The first-order chi connectivity index (χ1) is 7.15. The van der Waals surface area contributed by atoms with Crippen LogP contribution in [0.25, 0.3) is 0 Å². The molecular weight excluding hydrogens is 275 g/mol. The maximum atomic E-state index is 5.98. The van der Waals surface area contributed by atoms with Gasteiger partial charge in [-0.15, -0.1) is 11.6 Å². The molecule has 0 atom stereocenters. The van der Waals surface area contributed by atoms with Crippen LogP contribution in [0, 0.1) is 6.92 Å². The zero-order valence-electron chi connectivity index (χ0n) is 8.69. The number of anilines is 1. The molecule has 1 aliphatic rings. The van der Waals surface area contributed by atoms with Crippen molar-refractivity contribution in [2.24, 2.45) is 0 Å².